The number of aryl methyl sites for hydroxylation is 2. The van der Waals surface area contributed by atoms with Crippen LogP contribution in [0.15, 0.2) is 46.4 Å². The second-order valence-corrected chi connectivity index (χ2v) is 7.11. The fourth-order valence-electron chi connectivity index (χ4n) is 3.18. The van der Waals surface area contributed by atoms with E-state index >= 15 is 0 Å². The smallest absolute Gasteiger partial charge is 0.295 e. The van der Waals surface area contributed by atoms with Gasteiger partial charge in [0.25, 0.3) is 11.7 Å². The standard InChI is InChI=1S/C21H24N2O4/c1-13-5-8-15(9-6-13)19(24)17-18(16-10-7-14(2)27-16)23(12-11-22(3)4)21(26)20(17)25/h5-10,18,24H,11-12H2,1-4H3/t18-/m0/s1. The molecule has 1 N–H and O–H groups in total. The molecule has 1 amide bonds. The Labute approximate surface area is 158 Å². The predicted octanol–water partition coefficient (Wildman–Crippen LogP) is 2.88. The molecule has 1 aromatic heterocycles. The minimum Gasteiger partial charge on any atom is -0.507 e. The number of aliphatic hydroxyl groups excluding tert-OH is 1. The molecule has 142 valence electrons. The number of nitrogens with zero attached hydrogens (tertiary/aromatic N) is 2. The van der Waals surface area contributed by atoms with Gasteiger partial charge in [-0.05, 0) is 40.1 Å². The van der Waals surface area contributed by atoms with Gasteiger partial charge >= 0.3 is 0 Å². The van der Waals surface area contributed by atoms with Crippen LogP contribution >= 0.6 is 0 Å². The monoisotopic (exact) mass is 368 g/mol. The van der Waals surface area contributed by atoms with Crippen molar-refractivity contribution in [1.29, 1.82) is 0 Å². The predicted molar refractivity (Wildman–Crippen MR) is 102 cm³/mol. The molecule has 1 aliphatic heterocycles. The lowest BCUT2D eigenvalue weighted by Gasteiger charge is -2.24. The number of Topliss-reactive ketones (excluding diaryl/α,β-unsaturated/α-hetero) is 1. The fraction of sp³-hybridized carbons (Fsp3) is 0.333. The van der Waals surface area contributed by atoms with Crippen molar-refractivity contribution < 1.29 is 19.1 Å². The van der Waals surface area contributed by atoms with Crippen LogP contribution in [0.1, 0.15) is 28.7 Å². The van der Waals surface area contributed by atoms with Crippen molar-refractivity contribution in [3.8, 4) is 0 Å². The quantitative estimate of drug-likeness (QED) is 0.499. The summed E-state index contributed by atoms with van der Waals surface area (Å²) < 4.78 is 5.73. The lowest BCUT2D eigenvalue weighted by molar-refractivity contribution is -0.140. The molecule has 0 spiro atoms. The molecule has 0 unspecified atom stereocenters. The Hall–Kier alpha value is -2.86. The highest BCUT2D eigenvalue weighted by molar-refractivity contribution is 6.46. The Morgan fingerprint density at radius 1 is 1.11 bits per heavy atom. The van der Waals surface area contributed by atoms with E-state index in [1.165, 1.54) is 4.90 Å². The molecule has 0 radical (unpaired) electrons. The van der Waals surface area contributed by atoms with Crippen molar-refractivity contribution in [3.63, 3.8) is 0 Å². The molecule has 1 aliphatic rings. The Morgan fingerprint density at radius 3 is 2.33 bits per heavy atom. The molecule has 1 atom stereocenters. The third-order valence-corrected chi connectivity index (χ3v) is 4.68. The Kier molecular flexibility index (Phi) is 5.19. The van der Waals surface area contributed by atoms with Gasteiger partial charge in [0.2, 0.25) is 0 Å². The average Bonchev–Trinajstić information content (AvgIpc) is 3.15. The molecule has 27 heavy (non-hydrogen) atoms. The molecule has 2 aromatic rings. The van der Waals surface area contributed by atoms with Gasteiger partial charge in [0.15, 0.2) is 0 Å². The average molecular weight is 368 g/mol. The van der Waals surface area contributed by atoms with E-state index in [1.54, 1.807) is 31.2 Å². The number of likely N-dealkylation sites (tertiary alicyclic amines) is 1. The first kappa shape index (κ1) is 18.9. The number of aliphatic hydroxyl groups is 1. The molecule has 6 heteroatoms. The SMILES string of the molecule is Cc1ccc(C(O)=C2C(=O)C(=O)N(CCN(C)C)[C@H]2c2ccc(C)o2)cc1. The molecule has 2 heterocycles. The Bertz CT molecular complexity index is 893. The van der Waals surface area contributed by atoms with Crippen LogP contribution in [-0.4, -0.2) is 53.8 Å². The fourth-order valence-corrected chi connectivity index (χ4v) is 3.18. The highest BCUT2D eigenvalue weighted by atomic mass is 16.3. The maximum atomic E-state index is 12.8. The summed E-state index contributed by atoms with van der Waals surface area (Å²) in [5.74, 6) is -0.340. The Balaban J connectivity index is 2.11. The summed E-state index contributed by atoms with van der Waals surface area (Å²) in [5, 5.41) is 10.9. The number of benzene rings is 1. The highest BCUT2D eigenvalue weighted by Gasteiger charge is 2.47. The Morgan fingerprint density at radius 2 is 1.78 bits per heavy atom. The van der Waals surface area contributed by atoms with Crippen LogP contribution in [0.4, 0.5) is 0 Å². The number of amides is 1. The van der Waals surface area contributed by atoms with Crippen molar-refractivity contribution >= 4 is 17.4 Å². The summed E-state index contributed by atoms with van der Waals surface area (Å²) in [6.07, 6.45) is 0. The van der Waals surface area contributed by atoms with Crippen molar-refractivity contribution in [1.82, 2.24) is 9.80 Å². The molecule has 0 aliphatic carbocycles. The van der Waals surface area contributed by atoms with Gasteiger partial charge in [0, 0.05) is 18.7 Å². The van der Waals surface area contributed by atoms with Gasteiger partial charge in [-0.1, -0.05) is 29.8 Å². The molecule has 1 aromatic carbocycles. The first-order valence-electron chi connectivity index (χ1n) is 8.86. The third-order valence-electron chi connectivity index (χ3n) is 4.68. The molecule has 1 fully saturated rings. The number of carbonyl (C=O) groups is 2. The number of rotatable bonds is 5. The lowest BCUT2D eigenvalue weighted by atomic mass is 9.99. The summed E-state index contributed by atoms with van der Waals surface area (Å²) in [4.78, 5) is 28.9. The van der Waals surface area contributed by atoms with E-state index in [0.29, 0.717) is 30.2 Å². The van der Waals surface area contributed by atoms with Gasteiger partial charge in [-0.3, -0.25) is 9.59 Å². The topological polar surface area (TPSA) is 74.0 Å². The number of hydrogen-bond acceptors (Lipinski definition) is 5. The van der Waals surface area contributed by atoms with E-state index < -0.39 is 17.7 Å². The third kappa shape index (κ3) is 3.66. The zero-order valence-corrected chi connectivity index (χ0v) is 16.0. The van der Waals surface area contributed by atoms with Gasteiger partial charge in [-0.2, -0.15) is 0 Å². The minimum atomic E-state index is -0.736. The lowest BCUT2D eigenvalue weighted by Crippen LogP contribution is -2.35. The summed E-state index contributed by atoms with van der Waals surface area (Å²) in [6, 6.07) is 9.97. The van der Waals surface area contributed by atoms with E-state index in [4.69, 9.17) is 4.42 Å². The molecule has 3 rings (SSSR count). The van der Waals surface area contributed by atoms with E-state index in [0.717, 1.165) is 5.56 Å². The summed E-state index contributed by atoms with van der Waals surface area (Å²) in [6.45, 7) is 4.69. The number of ketones is 1. The van der Waals surface area contributed by atoms with Crippen LogP contribution in [0.2, 0.25) is 0 Å². The molecular weight excluding hydrogens is 344 g/mol. The van der Waals surface area contributed by atoms with Gasteiger partial charge in [0.1, 0.15) is 23.3 Å². The minimum absolute atomic E-state index is 0.0666. The van der Waals surface area contributed by atoms with E-state index in [1.807, 2.05) is 38.1 Å². The van der Waals surface area contributed by atoms with E-state index in [9.17, 15) is 14.7 Å². The van der Waals surface area contributed by atoms with Gasteiger partial charge in [-0.15, -0.1) is 0 Å². The van der Waals surface area contributed by atoms with Crippen molar-refractivity contribution in [2.45, 2.75) is 19.9 Å². The number of furan rings is 1. The molecule has 0 saturated carbocycles. The van der Waals surface area contributed by atoms with Crippen LogP contribution < -0.4 is 0 Å². The zero-order valence-electron chi connectivity index (χ0n) is 16.0. The zero-order chi connectivity index (χ0) is 19.7. The molecule has 6 nitrogen and oxygen atoms in total. The maximum absolute atomic E-state index is 12.8. The van der Waals surface area contributed by atoms with Gasteiger partial charge in [0.05, 0.1) is 5.57 Å². The normalized spacial score (nSPS) is 19.3. The van der Waals surface area contributed by atoms with Crippen LogP contribution in [0.5, 0.6) is 0 Å². The second kappa shape index (κ2) is 7.40. The maximum Gasteiger partial charge on any atom is 0.295 e. The largest absolute Gasteiger partial charge is 0.507 e. The van der Waals surface area contributed by atoms with Crippen LogP contribution in [0.3, 0.4) is 0 Å². The molecule has 1 saturated heterocycles. The number of hydrogen-bond donors (Lipinski definition) is 1. The first-order valence-corrected chi connectivity index (χ1v) is 8.86. The van der Waals surface area contributed by atoms with Crippen molar-refractivity contribution in [2.24, 2.45) is 0 Å². The number of likely N-dealkylation sites (N-methyl/N-ethyl adjacent to an activating group) is 1. The molecular formula is C21H24N2O4. The highest BCUT2D eigenvalue weighted by Crippen LogP contribution is 2.39. The summed E-state index contributed by atoms with van der Waals surface area (Å²) in [5.41, 5.74) is 1.60. The molecule has 0 bridgehead atoms. The number of carbonyl (C=O) groups excluding carboxylic acids is 2. The van der Waals surface area contributed by atoms with Crippen LogP contribution in [-0.2, 0) is 9.59 Å². The van der Waals surface area contributed by atoms with E-state index in [2.05, 4.69) is 0 Å². The van der Waals surface area contributed by atoms with Crippen LogP contribution in [0, 0.1) is 13.8 Å². The van der Waals surface area contributed by atoms with E-state index in [-0.39, 0.29) is 11.3 Å². The van der Waals surface area contributed by atoms with Gasteiger partial charge in [-0.25, -0.2) is 0 Å². The van der Waals surface area contributed by atoms with Crippen molar-refractivity contribution in [3.05, 3.63) is 64.6 Å². The summed E-state index contributed by atoms with van der Waals surface area (Å²) in [7, 11) is 3.80. The second-order valence-electron chi connectivity index (χ2n) is 7.11. The van der Waals surface area contributed by atoms with Crippen LogP contribution in [0.25, 0.3) is 5.76 Å². The van der Waals surface area contributed by atoms with Crippen molar-refractivity contribution in [2.75, 3.05) is 27.2 Å². The van der Waals surface area contributed by atoms with Gasteiger partial charge < -0.3 is 19.3 Å². The summed E-state index contributed by atoms with van der Waals surface area (Å²) >= 11 is 0. The first-order chi connectivity index (χ1) is 12.8.